The zero-order valence-electron chi connectivity index (χ0n) is 12.4. The van der Waals surface area contributed by atoms with Crippen molar-refractivity contribution in [1.29, 1.82) is 0 Å². The van der Waals surface area contributed by atoms with Gasteiger partial charge in [0, 0.05) is 5.69 Å². The molecule has 0 aliphatic carbocycles. The maximum Gasteiger partial charge on any atom is 0.331 e. The van der Waals surface area contributed by atoms with Gasteiger partial charge in [-0.2, -0.15) is 0 Å². The van der Waals surface area contributed by atoms with Crippen LogP contribution >= 0.6 is 23.2 Å². The summed E-state index contributed by atoms with van der Waals surface area (Å²) in [5.74, 6) is -1.19. The largest absolute Gasteiger partial charge is 0.467 e. The molecule has 0 heterocycles. The number of halogens is 2. The van der Waals surface area contributed by atoms with Gasteiger partial charge in [0.25, 0.3) is 0 Å². The molecule has 22 heavy (non-hydrogen) atoms. The van der Waals surface area contributed by atoms with Crippen LogP contribution in [0.1, 0.15) is 13.8 Å². The van der Waals surface area contributed by atoms with Crippen LogP contribution in [0.4, 0.5) is 5.69 Å². The lowest BCUT2D eigenvalue weighted by molar-refractivity contribution is -0.148. The Morgan fingerprint density at radius 2 is 1.86 bits per heavy atom. The molecule has 0 spiro atoms. The fourth-order valence-electron chi connectivity index (χ4n) is 1.68. The maximum atomic E-state index is 12.1. The molecule has 8 heteroatoms. The van der Waals surface area contributed by atoms with Gasteiger partial charge in [-0.3, -0.25) is 4.79 Å². The van der Waals surface area contributed by atoms with Crippen molar-refractivity contribution in [3.8, 4) is 0 Å². The van der Waals surface area contributed by atoms with E-state index in [-0.39, 0.29) is 0 Å². The van der Waals surface area contributed by atoms with Gasteiger partial charge in [-0.1, -0.05) is 23.2 Å². The molecule has 3 unspecified atom stereocenters. The molecule has 0 radical (unpaired) electrons. The molecular formula is C14H18Cl2N2O4. The third-order valence-electron chi connectivity index (χ3n) is 2.93. The Labute approximate surface area is 138 Å². The van der Waals surface area contributed by atoms with Gasteiger partial charge in [-0.25, -0.2) is 4.79 Å². The van der Waals surface area contributed by atoms with Crippen LogP contribution < -0.4 is 10.6 Å². The minimum Gasteiger partial charge on any atom is -0.467 e. The number of benzene rings is 1. The summed E-state index contributed by atoms with van der Waals surface area (Å²) in [5.41, 5.74) is 0.601. The summed E-state index contributed by atoms with van der Waals surface area (Å²) in [5, 5.41) is 15.6. The number of ether oxygens (including phenoxy) is 1. The van der Waals surface area contributed by atoms with Gasteiger partial charge in [0.15, 0.2) is 6.04 Å². The lowest BCUT2D eigenvalue weighted by atomic mass is 10.1. The van der Waals surface area contributed by atoms with Crippen molar-refractivity contribution in [3.63, 3.8) is 0 Å². The Kier molecular flexibility index (Phi) is 6.93. The van der Waals surface area contributed by atoms with Crippen LogP contribution in [0.15, 0.2) is 18.2 Å². The number of aliphatic hydroxyl groups excluding tert-OH is 1. The van der Waals surface area contributed by atoms with E-state index in [0.717, 1.165) is 0 Å². The molecule has 0 aromatic heterocycles. The Morgan fingerprint density at radius 3 is 2.36 bits per heavy atom. The predicted octanol–water partition coefficient (Wildman–Crippen LogP) is 1.83. The van der Waals surface area contributed by atoms with Gasteiger partial charge < -0.3 is 20.5 Å². The van der Waals surface area contributed by atoms with Gasteiger partial charge in [0.1, 0.15) is 6.04 Å². The standard InChI is InChI=1S/C14H18Cl2N2O4/c1-7(17-9-4-5-10(15)11(16)6-9)13(20)18-12(8(2)19)14(21)22-3/h4-8,12,17,19H,1-3H3,(H,18,20). The molecule has 3 N–H and O–H groups in total. The number of nitrogens with one attached hydrogen (secondary N) is 2. The first-order valence-electron chi connectivity index (χ1n) is 6.54. The number of carbonyl (C=O) groups is 2. The van der Waals surface area contributed by atoms with Gasteiger partial charge in [0.2, 0.25) is 5.91 Å². The first kappa shape index (κ1) is 18.5. The molecule has 0 fully saturated rings. The van der Waals surface area contributed by atoms with E-state index in [1.165, 1.54) is 14.0 Å². The molecule has 0 aliphatic rings. The monoisotopic (exact) mass is 348 g/mol. The molecule has 1 aromatic carbocycles. The Bertz CT molecular complexity index is 552. The second kappa shape index (κ2) is 8.22. The summed E-state index contributed by atoms with van der Waals surface area (Å²) < 4.78 is 4.54. The number of rotatable bonds is 6. The summed E-state index contributed by atoms with van der Waals surface area (Å²) in [6.45, 7) is 2.99. The van der Waals surface area contributed by atoms with Crippen LogP contribution in [0.5, 0.6) is 0 Å². The lowest BCUT2D eigenvalue weighted by Crippen LogP contribution is -2.52. The average Bonchev–Trinajstić information content (AvgIpc) is 2.47. The second-order valence-electron chi connectivity index (χ2n) is 4.74. The fraction of sp³-hybridized carbons (Fsp3) is 0.429. The maximum absolute atomic E-state index is 12.1. The third kappa shape index (κ3) is 5.05. The van der Waals surface area contributed by atoms with Crippen molar-refractivity contribution in [3.05, 3.63) is 28.2 Å². The van der Waals surface area contributed by atoms with E-state index in [1.54, 1.807) is 25.1 Å². The van der Waals surface area contributed by atoms with Crippen molar-refractivity contribution in [2.75, 3.05) is 12.4 Å². The van der Waals surface area contributed by atoms with E-state index >= 15 is 0 Å². The van der Waals surface area contributed by atoms with Crippen molar-refractivity contribution >= 4 is 40.8 Å². The first-order chi connectivity index (χ1) is 10.3. The number of aliphatic hydroxyl groups is 1. The fourth-order valence-corrected chi connectivity index (χ4v) is 1.98. The van der Waals surface area contributed by atoms with E-state index in [9.17, 15) is 14.7 Å². The SMILES string of the molecule is COC(=O)C(NC(=O)C(C)Nc1ccc(Cl)c(Cl)c1)C(C)O. The van der Waals surface area contributed by atoms with Crippen LogP contribution in [-0.4, -0.2) is 42.3 Å². The van der Waals surface area contributed by atoms with E-state index in [0.29, 0.717) is 15.7 Å². The Morgan fingerprint density at radius 1 is 1.23 bits per heavy atom. The topological polar surface area (TPSA) is 87.7 Å². The molecular weight excluding hydrogens is 331 g/mol. The molecule has 0 aliphatic heterocycles. The van der Waals surface area contributed by atoms with Crippen molar-refractivity contribution in [2.45, 2.75) is 32.0 Å². The van der Waals surface area contributed by atoms with Crippen molar-refractivity contribution in [2.24, 2.45) is 0 Å². The molecule has 122 valence electrons. The van der Waals surface area contributed by atoms with E-state index in [2.05, 4.69) is 15.4 Å². The average molecular weight is 349 g/mol. The minimum absolute atomic E-state index is 0.357. The summed E-state index contributed by atoms with van der Waals surface area (Å²) in [4.78, 5) is 23.6. The number of hydrogen-bond acceptors (Lipinski definition) is 5. The molecule has 0 bridgehead atoms. The van der Waals surface area contributed by atoms with Gasteiger partial charge >= 0.3 is 5.97 Å². The zero-order valence-corrected chi connectivity index (χ0v) is 13.9. The van der Waals surface area contributed by atoms with Gasteiger partial charge in [0.05, 0.1) is 23.3 Å². The molecule has 0 saturated carbocycles. The van der Waals surface area contributed by atoms with E-state index in [4.69, 9.17) is 23.2 Å². The number of carbonyl (C=O) groups excluding carboxylic acids is 2. The molecule has 6 nitrogen and oxygen atoms in total. The van der Waals surface area contributed by atoms with Crippen LogP contribution in [0.2, 0.25) is 10.0 Å². The third-order valence-corrected chi connectivity index (χ3v) is 3.67. The highest BCUT2D eigenvalue weighted by Crippen LogP contribution is 2.25. The molecule has 1 amide bonds. The molecule has 1 aromatic rings. The second-order valence-corrected chi connectivity index (χ2v) is 5.56. The number of anilines is 1. The number of esters is 1. The predicted molar refractivity (Wildman–Crippen MR) is 85.2 cm³/mol. The number of hydrogen-bond donors (Lipinski definition) is 3. The van der Waals surface area contributed by atoms with E-state index in [1.807, 2.05) is 0 Å². The van der Waals surface area contributed by atoms with Crippen LogP contribution in [0.3, 0.4) is 0 Å². The van der Waals surface area contributed by atoms with Crippen molar-refractivity contribution in [1.82, 2.24) is 5.32 Å². The van der Waals surface area contributed by atoms with E-state index < -0.39 is 30.1 Å². The Balaban J connectivity index is 2.71. The van der Waals surface area contributed by atoms with Gasteiger partial charge in [-0.05, 0) is 32.0 Å². The highest BCUT2D eigenvalue weighted by atomic mass is 35.5. The number of amides is 1. The number of methoxy groups -OCH3 is 1. The minimum atomic E-state index is -1.13. The van der Waals surface area contributed by atoms with Crippen LogP contribution in [0, 0.1) is 0 Å². The summed E-state index contributed by atoms with van der Waals surface area (Å²) in [6.07, 6.45) is -1.08. The quantitative estimate of drug-likeness (QED) is 0.682. The Hall–Kier alpha value is -1.50. The summed E-state index contributed by atoms with van der Waals surface area (Å²) in [7, 11) is 1.18. The zero-order chi connectivity index (χ0) is 16.9. The normalized spacial score (nSPS) is 14.6. The summed E-state index contributed by atoms with van der Waals surface area (Å²) in [6, 6.07) is 3.06. The highest BCUT2D eigenvalue weighted by Gasteiger charge is 2.28. The highest BCUT2D eigenvalue weighted by molar-refractivity contribution is 6.42. The molecule has 0 saturated heterocycles. The molecule has 1 rings (SSSR count). The first-order valence-corrected chi connectivity index (χ1v) is 7.29. The smallest absolute Gasteiger partial charge is 0.331 e. The van der Waals surface area contributed by atoms with Crippen LogP contribution in [-0.2, 0) is 14.3 Å². The van der Waals surface area contributed by atoms with Crippen LogP contribution in [0.25, 0.3) is 0 Å². The molecule has 3 atom stereocenters. The lowest BCUT2D eigenvalue weighted by Gasteiger charge is -2.22. The van der Waals surface area contributed by atoms with Crippen molar-refractivity contribution < 1.29 is 19.4 Å². The summed E-state index contributed by atoms with van der Waals surface area (Å²) >= 11 is 11.7. The van der Waals surface area contributed by atoms with Gasteiger partial charge in [-0.15, -0.1) is 0 Å².